The summed E-state index contributed by atoms with van der Waals surface area (Å²) < 4.78 is 58.9. The molecular weight excluding hydrogens is 2110 g/mol. The summed E-state index contributed by atoms with van der Waals surface area (Å²) >= 11 is 41.4. The Morgan fingerprint density at radius 1 is 0.486 bits per heavy atom. The van der Waals surface area contributed by atoms with Gasteiger partial charge in [-0.1, -0.05) is 212 Å². The Kier molecular flexibility index (Phi) is 49.6. The molecule has 6 fully saturated rings. The summed E-state index contributed by atoms with van der Waals surface area (Å²) in [5, 5.41) is 25.0. The van der Waals surface area contributed by atoms with Crippen LogP contribution in [-0.4, -0.2) is 192 Å². The van der Waals surface area contributed by atoms with Crippen molar-refractivity contribution in [2.24, 2.45) is 69.6 Å². The molecule has 24 nitrogen and oxygen atoms in total. The summed E-state index contributed by atoms with van der Waals surface area (Å²) in [4.78, 5) is 36.0. The fourth-order valence-corrected chi connectivity index (χ4v) is 27.4. The molecule has 1 radical (unpaired) electrons. The maximum Gasteiger partial charge on any atom is 0.569 e. The predicted octanol–water partition coefficient (Wildman–Crippen LogP) is 24.3. The number of rotatable bonds is 9. The molecule has 7 heterocycles. The number of thioether (sulfide) groups is 1. The molecule has 21 rings (SSSR count). The van der Waals surface area contributed by atoms with Gasteiger partial charge in [-0.3, -0.25) is 30.0 Å². The summed E-state index contributed by atoms with van der Waals surface area (Å²) in [5.41, 5.74) is 33.7. The SMILES string of the molecule is C.C.C.C.C.C.C.C.C.C.CC(C)(C)OO.COC1CCC2(CC1)Cc1ccc(-c3cc(F)cc(Cl)c3)cc1C21N=C(N)N2CCCN=C21.COC1CCC2(CC1)Cc1ccc(Br)cc1C21N=C(N)N2CCCN=C21.COC1CCC2(CC1)Cc1ccc(Br)cc1C21NC(=S)N2CCCN=C21.COC1CCC2(CC1)Cc1ccc(Br)cc1C21NC(=S)SC1=S.N.NCCCN.O.O[B]Oc1cc(F)cc(Cl)c1. The topological polar surface area (TPSA) is 362 Å². The molecule has 8 spiro atoms. The number of amidine groups is 3. The van der Waals surface area contributed by atoms with E-state index in [1.807, 2.05) is 27.4 Å². The first-order valence-electron chi connectivity index (χ1n) is 45.3. The maximum atomic E-state index is 14.2. The second kappa shape index (κ2) is 54.1. The molecule has 7 aliphatic heterocycles. The van der Waals surface area contributed by atoms with E-state index in [-0.39, 0.29) is 141 Å². The van der Waals surface area contributed by atoms with Crippen molar-refractivity contribution in [3.05, 3.63) is 189 Å². The van der Waals surface area contributed by atoms with Gasteiger partial charge in [0.1, 0.15) is 50.3 Å². The minimum atomic E-state index is -0.599. The third-order valence-corrected chi connectivity index (χ3v) is 33.5. The van der Waals surface area contributed by atoms with E-state index in [9.17, 15) is 8.78 Å². The molecule has 4 unspecified atom stereocenters. The van der Waals surface area contributed by atoms with Crippen molar-refractivity contribution >= 4 is 170 Å². The van der Waals surface area contributed by atoms with E-state index in [1.165, 1.54) is 63.0 Å². The number of aliphatic imine (C=N–C) groups is 5. The number of fused-ring (bicyclic) bond motifs is 18. The van der Waals surface area contributed by atoms with Crippen LogP contribution in [-0.2, 0) is 71.7 Å². The number of hydrogen-bond acceptors (Lipinski definition) is 24. The van der Waals surface area contributed by atoms with Crippen molar-refractivity contribution < 1.29 is 53.0 Å². The van der Waals surface area contributed by atoms with Crippen molar-refractivity contribution in [2.45, 2.75) is 301 Å². The van der Waals surface area contributed by atoms with Crippen LogP contribution < -0.4 is 44.4 Å². The van der Waals surface area contributed by atoms with Crippen LogP contribution in [0, 0.1) is 33.3 Å². The van der Waals surface area contributed by atoms with Gasteiger partial charge in [0.15, 0.2) is 28.1 Å². The van der Waals surface area contributed by atoms with E-state index in [4.69, 9.17) is 137 Å². The van der Waals surface area contributed by atoms with Crippen molar-refractivity contribution in [3.8, 4) is 16.9 Å². The minimum absolute atomic E-state index is 0. The molecule has 15 aliphatic rings. The second-order valence-electron chi connectivity index (χ2n) is 37.7. The zero-order valence-electron chi connectivity index (χ0n) is 76.1. The average Bonchev–Trinajstić information content (AvgIpc) is 1.52. The van der Waals surface area contributed by atoms with Gasteiger partial charge in [-0.15, -0.1) is 0 Å². The lowest BCUT2D eigenvalue weighted by molar-refractivity contribution is -0.306. The smallest absolute Gasteiger partial charge is 0.537 e. The molecule has 6 aromatic rings. The van der Waals surface area contributed by atoms with E-state index >= 15 is 0 Å². The Hall–Kier alpha value is -5.81. The Morgan fingerprint density at radius 3 is 1.21 bits per heavy atom. The molecule has 4 saturated carbocycles. The van der Waals surface area contributed by atoms with Crippen LogP contribution in [0.4, 0.5) is 8.78 Å². The first-order chi connectivity index (χ1) is 62.3. The van der Waals surface area contributed by atoms with Gasteiger partial charge in [-0.2, -0.15) is 0 Å². The lowest BCUT2D eigenvalue weighted by atomic mass is 9.61. The zero-order chi connectivity index (χ0) is 92.5. The quantitative estimate of drug-likeness (QED) is 0.0281. The molecule has 17 N–H and O–H groups in total. The molecule has 142 heavy (non-hydrogen) atoms. The Bertz CT molecular complexity index is 5350. The predicted molar refractivity (Wildman–Crippen MR) is 616 cm³/mol. The van der Waals surface area contributed by atoms with E-state index in [0.29, 0.717) is 42.9 Å². The van der Waals surface area contributed by atoms with Crippen LogP contribution in [0.1, 0.15) is 268 Å². The average molecular weight is 2280 g/mol. The number of methoxy groups -OCH3 is 4. The molecule has 793 valence electrons. The molecule has 0 amide bonds. The van der Waals surface area contributed by atoms with Gasteiger partial charge in [0.2, 0.25) is 0 Å². The summed E-state index contributed by atoms with van der Waals surface area (Å²) in [5.74, 6) is 3.78. The number of nitrogens with zero attached hydrogens (tertiary/aromatic N) is 8. The first-order valence-corrected chi connectivity index (χ1v) is 50.5. The fraction of sp³-hybridized carbons (Fsp3) is 0.585. The molecule has 0 bridgehead atoms. The number of guanidine groups is 2. The Morgan fingerprint density at radius 2 is 0.838 bits per heavy atom. The van der Waals surface area contributed by atoms with E-state index < -0.39 is 22.5 Å². The van der Waals surface area contributed by atoms with Gasteiger partial charge in [0.25, 0.3) is 0 Å². The van der Waals surface area contributed by atoms with Crippen molar-refractivity contribution in [1.29, 1.82) is 0 Å². The fourth-order valence-electron chi connectivity index (χ4n) is 23.5. The molecule has 2 saturated heterocycles. The van der Waals surface area contributed by atoms with Crippen molar-refractivity contribution in [1.82, 2.24) is 31.5 Å². The van der Waals surface area contributed by atoms with Gasteiger partial charge >= 0.3 is 7.69 Å². The molecule has 6 aromatic carbocycles. The van der Waals surface area contributed by atoms with Crippen LogP contribution in [0.2, 0.25) is 10.0 Å². The third kappa shape index (κ3) is 24.6. The highest BCUT2D eigenvalue weighted by molar-refractivity contribution is 9.11. The van der Waals surface area contributed by atoms with Crippen LogP contribution in [0.25, 0.3) is 11.1 Å². The maximum absolute atomic E-state index is 14.2. The molecule has 8 aliphatic carbocycles. The molecular formula is C106H164BBr3Cl2F2N15O9S4. The number of benzene rings is 6. The summed E-state index contributed by atoms with van der Waals surface area (Å²) in [7, 11) is 7.76. The largest absolute Gasteiger partial charge is 0.569 e. The Balaban J connectivity index is 0.000000444. The highest BCUT2D eigenvalue weighted by Gasteiger charge is 2.70. The number of nitrogens with two attached hydrogens (primary N) is 4. The summed E-state index contributed by atoms with van der Waals surface area (Å²) in [6, 6.07) is 34.8. The number of hydrogen-bond donors (Lipinski definition) is 9. The first kappa shape index (κ1) is 130. The van der Waals surface area contributed by atoms with Crippen LogP contribution in [0.3, 0.4) is 0 Å². The normalized spacial score (nSPS) is 27.4. The monoisotopic (exact) mass is 2270 g/mol. The van der Waals surface area contributed by atoms with Crippen molar-refractivity contribution in [3.63, 3.8) is 0 Å². The van der Waals surface area contributed by atoms with Gasteiger partial charge < -0.3 is 78.7 Å². The lowest BCUT2D eigenvalue weighted by Crippen LogP contribution is -2.57. The van der Waals surface area contributed by atoms with Gasteiger partial charge in [-0.25, -0.2) is 23.7 Å². The second-order valence-corrected chi connectivity index (χ2v) is 44.1. The molecule has 4 atom stereocenters. The van der Waals surface area contributed by atoms with Crippen LogP contribution in [0.15, 0.2) is 148 Å². The van der Waals surface area contributed by atoms with E-state index in [1.54, 1.807) is 39.6 Å². The van der Waals surface area contributed by atoms with Gasteiger partial charge in [0, 0.05) is 119 Å². The standard InChI is InChI=1S/C26H28ClFN4O.C20H25BrN4O.C20H24BrN3OS.C17H18BrNOS3.C6H4BClFO2.C4H10O2.C3H10N2.10CH4.H3N.H2O/c1-33-21-5-7-25(8-6-21)15-17-4-3-16(18-11-19(27)14-20(28)12-18)13-22(17)26(25)23-30-9-2-10-32(23)24(29)31-26;1-26-15-5-7-19(8-6-15)12-13-3-4-14(21)11-16(13)20(19)17-23-9-2-10-25(17)18(22)24-20;1-25-15-5-7-19(8-6-15)12-13-3-4-14(21)11-16(13)20(19)17-22-9-2-10-24(17)18(26)23-20;1-20-12-4-6-16(7-5-12)9-10-2-3-11(18)8-13(10)17(16)14(21)23-15(22)19-17;8-4-1-5(9)3-6(2-4)11-7-10;1-4(2,3)6-5;4-2-1-3-5;;;;;;;;;;;;/h3-4,11-14,21H,2,5-10,15H2,1H3,(H2,29,31);3-4,11,15H,2,5-10,12H2,1H3,(H2,22,24);3-4,11,15H,2,5-10,12H2,1H3,(H,23,26);2-3,8,12H,4-7,9H2,1H3,(H,19,22);1-3,10H;5H,1-3H3;1-5H2;10*1H4;1H3;1H2. The molecule has 36 heteroatoms. The molecule has 0 aromatic heterocycles. The van der Waals surface area contributed by atoms with Crippen LogP contribution >= 0.6 is 119 Å². The summed E-state index contributed by atoms with van der Waals surface area (Å²) in [6.07, 6.45) is 26.9. The number of nitrogens with one attached hydrogen (secondary N) is 2. The highest BCUT2D eigenvalue weighted by atomic mass is 79.9. The summed E-state index contributed by atoms with van der Waals surface area (Å²) in [6.45, 7) is 12.1. The van der Waals surface area contributed by atoms with Gasteiger partial charge in [-0.05, 0) is 329 Å². The van der Waals surface area contributed by atoms with Gasteiger partial charge in [0.05, 0.1) is 34.2 Å². The van der Waals surface area contributed by atoms with Crippen LogP contribution in [0.5, 0.6) is 5.75 Å². The number of halogens is 7. The highest BCUT2D eigenvalue weighted by Crippen LogP contribution is 2.67. The zero-order valence-corrected chi connectivity index (χ0v) is 85.7. The Labute approximate surface area is 904 Å². The minimum Gasteiger partial charge on any atom is -0.537 e. The van der Waals surface area contributed by atoms with Crippen molar-refractivity contribution in [2.75, 3.05) is 80.8 Å². The lowest BCUT2D eigenvalue weighted by Gasteiger charge is -2.48. The number of ether oxygens (including phenoxy) is 4. The number of thiocarbonyl (C=S) groups is 3. The van der Waals surface area contributed by atoms with E-state index in [2.05, 4.69) is 155 Å². The third-order valence-electron chi connectivity index (χ3n) is 29.5. The van der Waals surface area contributed by atoms with E-state index in [0.717, 1.165) is 274 Å².